The highest BCUT2D eigenvalue weighted by atomic mass is 16.5. The normalized spacial score (nSPS) is 9.73. The SMILES string of the molecule is COc1ccc(CNc2nccnc2C#N)c(OC)c1OC. The Morgan fingerprint density at radius 2 is 1.77 bits per heavy atom. The van der Waals surface area contributed by atoms with Gasteiger partial charge in [-0.3, -0.25) is 0 Å². The summed E-state index contributed by atoms with van der Waals surface area (Å²) in [7, 11) is 4.67. The van der Waals surface area contributed by atoms with Gasteiger partial charge < -0.3 is 19.5 Å². The number of anilines is 1. The van der Waals surface area contributed by atoms with E-state index < -0.39 is 0 Å². The van der Waals surface area contributed by atoms with Gasteiger partial charge in [-0.15, -0.1) is 0 Å². The molecule has 0 aliphatic rings. The molecule has 0 spiro atoms. The van der Waals surface area contributed by atoms with Gasteiger partial charge in [0.2, 0.25) is 5.75 Å². The molecule has 0 bridgehead atoms. The molecule has 1 aromatic carbocycles. The zero-order chi connectivity index (χ0) is 15.9. The highest BCUT2D eigenvalue weighted by molar-refractivity contribution is 5.57. The Morgan fingerprint density at radius 1 is 1.05 bits per heavy atom. The second-order valence-electron chi connectivity index (χ2n) is 4.21. The summed E-state index contributed by atoms with van der Waals surface area (Å²) in [5.74, 6) is 2.09. The number of aromatic nitrogens is 2. The van der Waals surface area contributed by atoms with Crippen LogP contribution >= 0.6 is 0 Å². The molecule has 0 amide bonds. The van der Waals surface area contributed by atoms with Gasteiger partial charge in [0.1, 0.15) is 6.07 Å². The molecule has 22 heavy (non-hydrogen) atoms. The molecule has 0 aliphatic heterocycles. The lowest BCUT2D eigenvalue weighted by molar-refractivity contribution is 0.322. The minimum atomic E-state index is 0.238. The molecular formula is C15H16N4O3. The number of nitrogens with one attached hydrogen (secondary N) is 1. The zero-order valence-electron chi connectivity index (χ0n) is 12.6. The van der Waals surface area contributed by atoms with Crippen molar-refractivity contribution in [2.24, 2.45) is 0 Å². The number of hydrogen-bond acceptors (Lipinski definition) is 7. The standard InChI is InChI=1S/C15H16N4O3/c1-20-12-5-4-10(13(21-2)14(12)22-3)9-19-15-11(8-16)17-6-7-18-15/h4-7H,9H2,1-3H3,(H,18,19). The second-order valence-corrected chi connectivity index (χ2v) is 4.21. The first kappa shape index (κ1) is 15.4. The number of ether oxygens (including phenoxy) is 3. The Hall–Kier alpha value is -3.01. The lowest BCUT2D eigenvalue weighted by atomic mass is 10.1. The van der Waals surface area contributed by atoms with Gasteiger partial charge in [0.25, 0.3) is 0 Å². The van der Waals surface area contributed by atoms with E-state index >= 15 is 0 Å². The van der Waals surface area contributed by atoms with E-state index in [0.717, 1.165) is 5.56 Å². The van der Waals surface area contributed by atoms with Gasteiger partial charge in [-0.2, -0.15) is 5.26 Å². The Morgan fingerprint density at radius 3 is 2.41 bits per heavy atom. The van der Waals surface area contributed by atoms with Gasteiger partial charge in [0.15, 0.2) is 23.0 Å². The molecular weight excluding hydrogens is 284 g/mol. The maximum absolute atomic E-state index is 9.01. The summed E-state index contributed by atoms with van der Waals surface area (Å²) in [4.78, 5) is 8.05. The highest BCUT2D eigenvalue weighted by Crippen LogP contribution is 2.39. The van der Waals surface area contributed by atoms with E-state index in [0.29, 0.717) is 29.6 Å². The Balaban J connectivity index is 2.28. The van der Waals surface area contributed by atoms with E-state index in [-0.39, 0.29) is 5.69 Å². The Bertz CT molecular complexity index is 698. The van der Waals surface area contributed by atoms with E-state index in [2.05, 4.69) is 15.3 Å². The zero-order valence-corrected chi connectivity index (χ0v) is 12.6. The third-order valence-electron chi connectivity index (χ3n) is 3.04. The van der Waals surface area contributed by atoms with Gasteiger partial charge in [-0.05, 0) is 12.1 Å². The minimum Gasteiger partial charge on any atom is -0.493 e. The largest absolute Gasteiger partial charge is 0.493 e. The van der Waals surface area contributed by atoms with Gasteiger partial charge in [-0.1, -0.05) is 0 Å². The molecule has 7 heteroatoms. The van der Waals surface area contributed by atoms with Gasteiger partial charge in [-0.25, -0.2) is 9.97 Å². The van der Waals surface area contributed by atoms with Crippen LogP contribution in [-0.4, -0.2) is 31.3 Å². The average Bonchev–Trinajstić information content (AvgIpc) is 2.58. The molecule has 1 N–H and O–H groups in total. The monoisotopic (exact) mass is 300 g/mol. The van der Waals surface area contributed by atoms with Gasteiger partial charge in [0, 0.05) is 24.5 Å². The fraction of sp³-hybridized carbons (Fsp3) is 0.267. The molecule has 0 atom stereocenters. The summed E-state index contributed by atoms with van der Waals surface area (Å²) in [6.45, 7) is 0.400. The van der Waals surface area contributed by atoms with Crippen LogP contribution in [0.3, 0.4) is 0 Å². The van der Waals surface area contributed by atoms with Crippen molar-refractivity contribution in [3.05, 3.63) is 35.8 Å². The number of methoxy groups -OCH3 is 3. The third-order valence-corrected chi connectivity index (χ3v) is 3.04. The molecule has 0 unspecified atom stereocenters. The van der Waals surface area contributed by atoms with Crippen LogP contribution in [0.2, 0.25) is 0 Å². The molecule has 2 rings (SSSR count). The molecule has 0 fully saturated rings. The van der Waals surface area contributed by atoms with E-state index in [1.807, 2.05) is 12.1 Å². The van der Waals surface area contributed by atoms with Crippen LogP contribution in [0.25, 0.3) is 0 Å². The molecule has 1 aromatic heterocycles. The molecule has 1 heterocycles. The summed E-state index contributed by atoms with van der Waals surface area (Å²) in [6.07, 6.45) is 3.00. The maximum atomic E-state index is 9.01. The maximum Gasteiger partial charge on any atom is 0.203 e. The smallest absolute Gasteiger partial charge is 0.203 e. The number of hydrogen-bond donors (Lipinski definition) is 1. The van der Waals surface area contributed by atoms with Crippen molar-refractivity contribution in [3.63, 3.8) is 0 Å². The van der Waals surface area contributed by atoms with Crippen molar-refractivity contribution >= 4 is 5.82 Å². The Kier molecular flexibility index (Phi) is 4.98. The molecule has 0 aliphatic carbocycles. The first-order chi connectivity index (χ1) is 10.7. The van der Waals surface area contributed by atoms with Crippen LogP contribution in [0.15, 0.2) is 24.5 Å². The number of benzene rings is 1. The lowest BCUT2D eigenvalue weighted by Gasteiger charge is -2.16. The lowest BCUT2D eigenvalue weighted by Crippen LogP contribution is -2.07. The number of nitrogens with zero attached hydrogens (tertiary/aromatic N) is 3. The van der Waals surface area contributed by atoms with E-state index in [4.69, 9.17) is 19.5 Å². The summed E-state index contributed by atoms with van der Waals surface area (Å²) in [5, 5.41) is 12.1. The quantitative estimate of drug-likeness (QED) is 0.872. The summed E-state index contributed by atoms with van der Waals surface area (Å²) >= 11 is 0. The molecule has 114 valence electrons. The number of nitriles is 1. The van der Waals surface area contributed by atoms with Crippen molar-refractivity contribution in [1.29, 1.82) is 5.26 Å². The molecule has 0 saturated carbocycles. The first-order valence-corrected chi connectivity index (χ1v) is 6.48. The van der Waals surface area contributed by atoms with Crippen LogP contribution < -0.4 is 19.5 Å². The van der Waals surface area contributed by atoms with Crippen molar-refractivity contribution in [2.75, 3.05) is 26.6 Å². The third kappa shape index (κ3) is 3.01. The molecule has 0 radical (unpaired) electrons. The van der Waals surface area contributed by atoms with Crippen LogP contribution in [-0.2, 0) is 6.54 Å². The van der Waals surface area contributed by atoms with Crippen LogP contribution in [0.4, 0.5) is 5.82 Å². The molecule has 0 saturated heterocycles. The summed E-state index contributed by atoms with van der Waals surface area (Å²) < 4.78 is 16.0. The predicted octanol–water partition coefficient (Wildman–Crippen LogP) is 1.99. The van der Waals surface area contributed by atoms with Crippen molar-refractivity contribution in [3.8, 4) is 23.3 Å². The fourth-order valence-electron chi connectivity index (χ4n) is 2.03. The first-order valence-electron chi connectivity index (χ1n) is 6.48. The summed E-state index contributed by atoms with van der Waals surface area (Å²) in [5.41, 5.74) is 1.08. The highest BCUT2D eigenvalue weighted by Gasteiger charge is 2.16. The van der Waals surface area contributed by atoms with E-state index in [9.17, 15) is 0 Å². The van der Waals surface area contributed by atoms with Crippen molar-refractivity contribution in [2.45, 2.75) is 6.54 Å². The van der Waals surface area contributed by atoms with E-state index in [1.165, 1.54) is 12.4 Å². The van der Waals surface area contributed by atoms with Crippen LogP contribution in [0, 0.1) is 11.3 Å². The summed E-state index contributed by atoms with van der Waals surface area (Å²) in [6, 6.07) is 5.64. The van der Waals surface area contributed by atoms with Crippen LogP contribution in [0.5, 0.6) is 17.2 Å². The van der Waals surface area contributed by atoms with Gasteiger partial charge >= 0.3 is 0 Å². The average molecular weight is 300 g/mol. The number of rotatable bonds is 6. The molecule has 2 aromatic rings. The molecule has 7 nitrogen and oxygen atoms in total. The fourth-order valence-corrected chi connectivity index (χ4v) is 2.03. The van der Waals surface area contributed by atoms with Crippen molar-refractivity contribution in [1.82, 2.24) is 9.97 Å². The van der Waals surface area contributed by atoms with E-state index in [1.54, 1.807) is 27.4 Å². The topological polar surface area (TPSA) is 89.3 Å². The van der Waals surface area contributed by atoms with Gasteiger partial charge in [0.05, 0.1) is 21.3 Å². The minimum absolute atomic E-state index is 0.238. The predicted molar refractivity (Wildman–Crippen MR) is 80.2 cm³/mol. The van der Waals surface area contributed by atoms with Crippen molar-refractivity contribution < 1.29 is 14.2 Å². The Labute approximate surface area is 128 Å². The second kappa shape index (κ2) is 7.13. The van der Waals surface area contributed by atoms with Crippen LogP contribution in [0.1, 0.15) is 11.3 Å².